The Balaban J connectivity index is 2.39. The zero-order valence-corrected chi connectivity index (χ0v) is 11.5. The average molecular weight is 342 g/mol. The molecule has 0 saturated carbocycles. The van der Waals surface area contributed by atoms with Gasteiger partial charge in [0.25, 0.3) is 0 Å². The number of nitriles is 1. The molecule has 2 rings (SSSR count). The number of para-hydroxylation sites is 1. The third-order valence-corrected chi connectivity index (χ3v) is 3.14. The summed E-state index contributed by atoms with van der Waals surface area (Å²) >= 11 is 3.26. The minimum Gasteiger partial charge on any atom is -0.455 e. The maximum Gasteiger partial charge on any atom is 0.416 e. The second-order valence-electron chi connectivity index (χ2n) is 3.85. The van der Waals surface area contributed by atoms with E-state index < -0.39 is 11.7 Å². The fourth-order valence-electron chi connectivity index (χ4n) is 1.53. The fourth-order valence-corrected chi connectivity index (χ4v) is 1.89. The van der Waals surface area contributed by atoms with Crippen LogP contribution in [0.25, 0.3) is 0 Å². The average Bonchev–Trinajstić information content (AvgIpc) is 2.40. The van der Waals surface area contributed by atoms with Crippen molar-refractivity contribution in [1.82, 2.24) is 0 Å². The Morgan fingerprint density at radius 2 is 1.75 bits per heavy atom. The second kappa shape index (κ2) is 5.55. The Labute approximate surface area is 121 Å². The first-order valence-corrected chi connectivity index (χ1v) is 6.25. The SMILES string of the molecule is N#Cc1cc(C(F)(F)F)ccc1Oc1ccccc1Br. The lowest BCUT2D eigenvalue weighted by molar-refractivity contribution is -0.137. The van der Waals surface area contributed by atoms with E-state index >= 15 is 0 Å². The number of hydrogen-bond acceptors (Lipinski definition) is 2. The zero-order chi connectivity index (χ0) is 14.8. The molecule has 0 atom stereocenters. The Hall–Kier alpha value is -2.00. The van der Waals surface area contributed by atoms with E-state index in [1.165, 1.54) is 0 Å². The summed E-state index contributed by atoms with van der Waals surface area (Å²) < 4.78 is 43.8. The summed E-state index contributed by atoms with van der Waals surface area (Å²) in [5.41, 5.74) is -1.05. The third kappa shape index (κ3) is 3.11. The molecule has 2 aromatic rings. The van der Waals surface area contributed by atoms with E-state index in [1.807, 2.05) is 0 Å². The summed E-state index contributed by atoms with van der Waals surface area (Å²) in [6, 6.07) is 11.4. The van der Waals surface area contributed by atoms with Crippen molar-refractivity contribution in [3.63, 3.8) is 0 Å². The molecule has 20 heavy (non-hydrogen) atoms. The van der Waals surface area contributed by atoms with E-state index in [9.17, 15) is 13.2 Å². The lowest BCUT2D eigenvalue weighted by Crippen LogP contribution is -2.05. The Kier molecular flexibility index (Phi) is 4.00. The molecule has 0 heterocycles. The van der Waals surface area contributed by atoms with Gasteiger partial charge in [-0.3, -0.25) is 0 Å². The predicted octanol–water partition coefficient (Wildman–Crippen LogP) is 5.13. The minimum atomic E-state index is -4.49. The molecule has 0 bridgehead atoms. The van der Waals surface area contributed by atoms with Crippen LogP contribution in [0.15, 0.2) is 46.9 Å². The first-order chi connectivity index (χ1) is 9.41. The number of ether oxygens (including phenoxy) is 1. The van der Waals surface area contributed by atoms with Crippen molar-refractivity contribution in [2.24, 2.45) is 0 Å². The Bertz CT molecular complexity index is 677. The van der Waals surface area contributed by atoms with Crippen LogP contribution in [0.4, 0.5) is 13.2 Å². The molecule has 0 fully saturated rings. The molecule has 0 aliphatic rings. The number of hydrogen-bond donors (Lipinski definition) is 0. The quantitative estimate of drug-likeness (QED) is 0.758. The largest absolute Gasteiger partial charge is 0.455 e. The lowest BCUT2D eigenvalue weighted by atomic mass is 10.1. The standard InChI is InChI=1S/C14H7BrF3NO/c15-11-3-1-2-4-13(11)20-12-6-5-10(14(16,17)18)7-9(12)8-19/h1-7H. The van der Waals surface area contributed by atoms with E-state index in [4.69, 9.17) is 10.00 Å². The molecular weight excluding hydrogens is 335 g/mol. The summed E-state index contributed by atoms with van der Waals surface area (Å²) in [6.07, 6.45) is -4.49. The number of alkyl halides is 3. The molecule has 2 nitrogen and oxygen atoms in total. The van der Waals surface area contributed by atoms with Crippen LogP contribution in [0, 0.1) is 11.3 Å². The summed E-state index contributed by atoms with van der Waals surface area (Å²) in [6.45, 7) is 0. The van der Waals surface area contributed by atoms with Crippen molar-refractivity contribution < 1.29 is 17.9 Å². The van der Waals surface area contributed by atoms with Gasteiger partial charge in [0, 0.05) is 0 Å². The molecule has 0 unspecified atom stereocenters. The smallest absolute Gasteiger partial charge is 0.416 e. The molecule has 0 N–H and O–H groups in total. The molecule has 0 aromatic heterocycles. The maximum atomic E-state index is 12.6. The van der Waals surface area contributed by atoms with E-state index in [1.54, 1.807) is 30.3 Å². The van der Waals surface area contributed by atoms with Gasteiger partial charge in [-0.05, 0) is 46.3 Å². The van der Waals surface area contributed by atoms with Crippen molar-refractivity contribution in [2.45, 2.75) is 6.18 Å². The van der Waals surface area contributed by atoms with Gasteiger partial charge < -0.3 is 4.74 Å². The number of rotatable bonds is 2. The van der Waals surface area contributed by atoms with Gasteiger partial charge in [0.1, 0.15) is 17.6 Å². The van der Waals surface area contributed by atoms with Gasteiger partial charge in [0.15, 0.2) is 0 Å². The molecule has 0 spiro atoms. The van der Waals surface area contributed by atoms with Gasteiger partial charge in [0.05, 0.1) is 15.6 Å². The number of benzene rings is 2. The molecule has 0 saturated heterocycles. The summed E-state index contributed by atoms with van der Waals surface area (Å²) in [5, 5.41) is 8.95. The first kappa shape index (κ1) is 14.4. The van der Waals surface area contributed by atoms with E-state index in [-0.39, 0.29) is 11.3 Å². The highest BCUT2D eigenvalue weighted by atomic mass is 79.9. The van der Waals surface area contributed by atoms with Crippen LogP contribution in [-0.4, -0.2) is 0 Å². The first-order valence-electron chi connectivity index (χ1n) is 5.45. The maximum absolute atomic E-state index is 12.6. The monoisotopic (exact) mass is 341 g/mol. The highest BCUT2D eigenvalue weighted by Gasteiger charge is 2.31. The predicted molar refractivity (Wildman–Crippen MR) is 70.4 cm³/mol. The van der Waals surface area contributed by atoms with Gasteiger partial charge in [-0.1, -0.05) is 12.1 Å². The van der Waals surface area contributed by atoms with E-state index in [2.05, 4.69) is 15.9 Å². The van der Waals surface area contributed by atoms with Gasteiger partial charge in [-0.15, -0.1) is 0 Å². The van der Waals surface area contributed by atoms with Crippen molar-refractivity contribution in [3.8, 4) is 17.6 Å². The summed E-state index contributed by atoms with van der Waals surface area (Å²) in [7, 11) is 0. The van der Waals surface area contributed by atoms with Crippen molar-refractivity contribution in [2.75, 3.05) is 0 Å². The molecule has 102 valence electrons. The summed E-state index contributed by atoms with van der Waals surface area (Å²) in [5.74, 6) is 0.496. The van der Waals surface area contributed by atoms with Crippen molar-refractivity contribution in [1.29, 1.82) is 5.26 Å². The minimum absolute atomic E-state index is 0.0763. The summed E-state index contributed by atoms with van der Waals surface area (Å²) in [4.78, 5) is 0. The van der Waals surface area contributed by atoms with Gasteiger partial charge in [-0.25, -0.2) is 0 Å². The van der Waals surface area contributed by atoms with Gasteiger partial charge >= 0.3 is 6.18 Å². The van der Waals surface area contributed by atoms with Gasteiger partial charge in [0.2, 0.25) is 0 Å². The fraction of sp³-hybridized carbons (Fsp3) is 0.0714. The molecular formula is C14H7BrF3NO. The molecule has 6 heteroatoms. The number of nitrogens with zero attached hydrogens (tertiary/aromatic N) is 1. The molecule has 2 aromatic carbocycles. The van der Waals surface area contributed by atoms with E-state index in [0.29, 0.717) is 10.2 Å². The highest BCUT2D eigenvalue weighted by molar-refractivity contribution is 9.10. The van der Waals surface area contributed by atoms with Crippen LogP contribution < -0.4 is 4.74 Å². The normalized spacial score (nSPS) is 10.9. The Morgan fingerprint density at radius 3 is 2.35 bits per heavy atom. The topological polar surface area (TPSA) is 33.0 Å². The van der Waals surface area contributed by atoms with Crippen molar-refractivity contribution >= 4 is 15.9 Å². The van der Waals surface area contributed by atoms with Crippen LogP contribution in [0.1, 0.15) is 11.1 Å². The lowest BCUT2D eigenvalue weighted by Gasteiger charge is -2.11. The Morgan fingerprint density at radius 1 is 1.05 bits per heavy atom. The molecule has 0 radical (unpaired) electrons. The number of halogens is 4. The van der Waals surface area contributed by atoms with E-state index in [0.717, 1.165) is 18.2 Å². The molecule has 0 aliphatic heterocycles. The van der Waals surface area contributed by atoms with Crippen LogP contribution >= 0.6 is 15.9 Å². The van der Waals surface area contributed by atoms with Crippen LogP contribution in [0.2, 0.25) is 0 Å². The van der Waals surface area contributed by atoms with Crippen molar-refractivity contribution in [3.05, 3.63) is 58.1 Å². The second-order valence-corrected chi connectivity index (χ2v) is 4.71. The van der Waals surface area contributed by atoms with Crippen LogP contribution in [0.5, 0.6) is 11.5 Å². The van der Waals surface area contributed by atoms with Gasteiger partial charge in [-0.2, -0.15) is 18.4 Å². The molecule has 0 amide bonds. The molecule has 0 aliphatic carbocycles. The van der Waals surface area contributed by atoms with Crippen LogP contribution in [-0.2, 0) is 6.18 Å². The zero-order valence-electron chi connectivity index (χ0n) is 9.91. The highest BCUT2D eigenvalue weighted by Crippen LogP contribution is 2.35. The van der Waals surface area contributed by atoms with Crippen LogP contribution in [0.3, 0.4) is 0 Å². The third-order valence-electron chi connectivity index (χ3n) is 2.48.